The number of carboxylic acid groups (broad SMARTS) is 1. The molecule has 1 aliphatic heterocycles. The molecule has 2 heterocycles. The minimum absolute atomic E-state index is 0.0535. The molecule has 1 saturated heterocycles. The van der Waals surface area contributed by atoms with Crippen LogP contribution in [0.15, 0.2) is 53.6 Å². The number of ether oxygens (including phenoxy) is 2. The smallest absolute Gasteiger partial charge is 0.303 e. The fourth-order valence-corrected chi connectivity index (χ4v) is 6.60. The number of hydrogen-bond donors (Lipinski definition) is 1. The van der Waals surface area contributed by atoms with E-state index in [-0.39, 0.29) is 17.9 Å². The molecule has 0 spiro atoms. The van der Waals surface area contributed by atoms with Gasteiger partial charge in [0.1, 0.15) is 17.7 Å². The van der Waals surface area contributed by atoms with Gasteiger partial charge in [0.15, 0.2) is 0 Å². The van der Waals surface area contributed by atoms with E-state index in [1.165, 1.54) is 11.1 Å². The second-order valence-electron chi connectivity index (χ2n) is 10.2. The summed E-state index contributed by atoms with van der Waals surface area (Å²) in [5.74, 6) is 1.64. The van der Waals surface area contributed by atoms with Gasteiger partial charge in [-0.25, -0.2) is 4.39 Å². The molecule has 4 rings (SSSR count). The Hall–Kier alpha value is -2.55. The highest BCUT2D eigenvalue weighted by molar-refractivity contribution is 7.99. The molecule has 3 aromatic rings. The maximum atomic E-state index is 15.8. The van der Waals surface area contributed by atoms with Crippen molar-refractivity contribution in [2.45, 2.75) is 49.6 Å². The monoisotopic (exact) mass is 574 g/mol. The molecule has 1 aromatic heterocycles. The molecule has 0 saturated carbocycles. The van der Waals surface area contributed by atoms with E-state index in [4.69, 9.17) is 21.1 Å². The second-order valence-corrected chi connectivity index (χ2v) is 11.8. The van der Waals surface area contributed by atoms with Crippen molar-refractivity contribution >= 4 is 40.2 Å². The van der Waals surface area contributed by atoms with Crippen LogP contribution in [-0.4, -0.2) is 60.6 Å². The number of piperidine rings is 1. The average molecular weight is 575 g/mol. The van der Waals surface area contributed by atoms with Gasteiger partial charge >= 0.3 is 5.97 Å². The minimum atomic E-state index is -1.33. The normalized spacial score (nSPS) is 16.2. The molecule has 1 atom stereocenters. The van der Waals surface area contributed by atoms with E-state index >= 15 is 4.39 Å². The highest BCUT2D eigenvalue weighted by Crippen LogP contribution is 2.44. The lowest BCUT2D eigenvalue weighted by atomic mass is 9.71. The van der Waals surface area contributed by atoms with Gasteiger partial charge in [-0.05, 0) is 99.3 Å². The summed E-state index contributed by atoms with van der Waals surface area (Å²) in [5.41, 5.74) is 0.627. The number of halogens is 2. The Morgan fingerprint density at radius 3 is 2.64 bits per heavy atom. The van der Waals surface area contributed by atoms with Gasteiger partial charge in [-0.2, -0.15) is 0 Å². The van der Waals surface area contributed by atoms with Crippen LogP contribution >= 0.6 is 23.4 Å². The first kappa shape index (κ1) is 29.4. The van der Waals surface area contributed by atoms with Crippen LogP contribution in [0.1, 0.15) is 50.3 Å². The molecule has 0 amide bonds. The van der Waals surface area contributed by atoms with Crippen LogP contribution in [0.5, 0.6) is 11.5 Å². The molecule has 1 N–H and O–H groups in total. The highest BCUT2D eigenvalue weighted by Gasteiger charge is 2.37. The molecule has 1 fully saturated rings. The topological polar surface area (TPSA) is 71.9 Å². The first-order chi connectivity index (χ1) is 18.8. The number of benzene rings is 2. The standard InChI is InChI=1S/C30H36ClFN2O4S/c1-37-21-5-3-6-23(17-21)39-16-4-13-34-14-11-30(12-15-34,19-28(35)36)10-9-26(32)29-24-18-22(38-2)7-8-27(24)33-20-25(29)31/h3,5-8,17-18,20,26H,4,9-16,19H2,1-2H3,(H,35,36)/t26-/m1/s1. The van der Waals surface area contributed by atoms with E-state index in [0.717, 1.165) is 50.4 Å². The van der Waals surface area contributed by atoms with Gasteiger partial charge in [-0.1, -0.05) is 17.7 Å². The summed E-state index contributed by atoms with van der Waals surface area (Å²) in [6, 6.07) is 13.4. The lowest BCUT2D eigenvalue weighted by molar-refractivity contribution is -0.141. The van der Waals surface area contributed by atoms with Crippen molar-refractivity contribution in [1.29, 1.82) is 0 Å². The number of likely N-dealkylation sites (tertiary alicyclic amines) is 1. The molecule has 6 nitrogen and oxygen atoms in total. The number of aliphatic carboxylic acids is 1. The molecular formula is C30H36ClFN2O4S. The molecule has 0 radical (unpaired) electrons. The van der Waals surface area contributed by atoms with Crippen molar-refractivity contribution in [3.8, 4) is 11.5 Å². The molecule has 0 aliphatic carbocycles. The number of fused-ring (bicyclic) bond motifs is 1. The number of hydrogen-bond acceptors (Lipinski definition) is 6. The van der Waals surface area contributed by atoms with Crippen molar-refractivity contribution in [2.24, 2.45) is 5.41 Å². The maximum Gasteiger partial charge on any atom is 0.303 e. The van der Waals surface area contributed by atoms with Gasteiger partial charge in [-0.3, -0.25) is 9.78 Å². The number of carbonyl (C=O) groups is 1. The Morgan fingerprint density at radius 2 is 1.92 bits per heavy atom. The summed E-state index contributed by atoms with van der Waals surface area (Å²) in [7, 11) is 3.24. The Morgan fingerprint density at radius 1 is 1.18 bits per heavy atom. The van der Waals surface area contributed by atoms with E-state index in [9.17, 15) is 9.90 Å². The first-order valence-corrected chi connectivity index (χ1v) is 14.7. The van der Waals surface area contributed by atoms with Crippen LogP contribution in [-0.2, 0) is 4.79 Å². The zero-order valence-corrected chi connectivity index (χ0v) is 24.1. The number of rotatable bonds is 13. The largest absolute Gasteiger partial charge is 0.497 e. The van der Waals surface area contributed by atoms with E-state index < -0.39 is 17.6 Å². The zero-order chi connectivity index (χ0) is 27.8. The van der Waals surface area contributed by atoms with Gasteiger partial charge in [0, 0.05) is 22.0 Å². The zero-order valence-electron chi connectivity index (χ0n) is 22.5. The Balaban J connectivity index is 1.33. The Bertz CT molecular complexity index is 1270. The average Bonchev–Trinajstić information content (AvgIpc) is 2.94. The Kier molecular flexibility index (Phi) is 10.3. The van der Waals surface area contributed by atoms with Crippen LogP contribution in [0.4, 0.5) is 4.39 Å². The van der Waals surface area contributed by atoms with Crippen molar-refractivity contribution in [3.63, 3.8) is 0 Å². The third kappa shape index (κ3) is 7.77. The van der Waals surface area contributed by atoms with Gasteiger partial charge in [-0.15, -0.1) is 11.8 Å². The van der Waals surface area contributed by atoms with Gasteiger partial charge in [0.25, 0.3) is 0 Å². The SMILES string of the molecule is COc1cccc(SCCCN2CCC(CC[C@@H](F)c3c(Cl)cnc4ccc(OC)cc34)(CC(=O)O)CC2)c1. The maximum absolute atomic E-state index is 15.8. The van der Waals surface area contributed by atoms with Crippen molar-refractivity contribution in [1.82, 2.24) is 9.88 Å². The molecular weight excluding hydrogens is 539 g/mol. The quantitative estimate of drug-likeness (QED) is 0.168. The van der Waals surface area contributed by atoms with E-state index in [1.54, 1.807) is 32.4 Å². The number of carboxylic acids is 1. The molecule has 0 unspecified atom stereocenters. The fourth-order valence-electron chi connectivity index (χ4n) is 5.45. The van der Waals surface area contributed by atoms with Crippen LogP contribution in [0, 0.1) is 5.41 Å². The number of aromatic nitrogens is 1. The highest BCUT2D eigenvalue weighted by atomic mass is 35.5. The third-order valence-electron chi connectivity index (χ3n) is 7.68. The molecule has 210 valence electrons. The number of nitrogens with zero attached hydrogens (tertiary/aromatic N) is 2. The molecule has 39 heavy (non-hydrogen) atoms. The summed E-state index contributed by atoms with van der Waals surface area (Å²) >= 11 is 8.23. The van der Waals surface area contributed by atoms with Gasteiger partial charge in [0.05, 0.1) is 31.2 Å². The van der Waals surface area contributed by atoms with E-state index in [1.807, 2.05) is 30.0 Å². The van der Waals surface area contributed by atoms with Crippen LogP contribution in [0.2, 0.25) is 5.02 Å². The third-order valence-corrected chi connectivity index (χ3v) is 9.06. The molecule has 1 aliphatic rings. The van der Waals surface area contributed by atoms with Crippen LogP contribution in [0.3, 0.4) is 0 Å². The molecule has 9 heteroatoms. The van der Waals surface area contributed by atoms with Crippen LogP contribution in [0.25, 0.3) is 10.9 Å². The van der Waals surface area contributed by atoms with Crippen LogP contribution < -0.4 is 9.47 Å². The lowest BCUT2D eigenvalue weighted by Crippen LogP contribution is -2.41. The van der Waals surface area contributed by atoms with E-state index in [0.29, 0.717) is 28.6 Å². The van der Waals surface area contributed by atoms with E-state index in [2.05, 4.69) is 16.0 Å². The number of methoxy groups -OCH3 is 2. The Labute approximate surface area is 238 Å². The van der Waals surface area contributed by atoms with Crippen molar-refractivity contribution in [3.05, 3.63) is 59.2 Å². The summed E-state index contributed by atoms with van der Waals surface area (Å²) in [4.78, 5) is 19.7. The number of thioether (sulfide) groups is 1. The minimum Gasteiger partial charge on any atom is -0.497 e. The second kappa shape index (κ2) is 13.7. The predicted molar refractivity (Wildman–Crippen MR) is 155 cm³/mol. The summed E-state index contributed by atoms with van der Waals surface area (Å²) < 4.78 is 26.4. The number of alkyl halides is 1. The summed E-state index contributed by atoms with van der Waals surface area (Å²) in [5, 5.41) is 10.6. The fraction of sp³-hybridized carbons (Fsp3) is 0.467. The number of pyridine rings is 1. The predicted octanol–water partition coefficient (Wildman–Crippen LogP) is 7.44. The van der Waals surface area contributed by atoms with Crippen molar-refractivity contribution < 1.29 is 23.8 Å². The molecule has 0 bridgehead atoms. The lowest BCUT2D eigenvalue weighted by Gasteiger charge is -2.41. The van der Waals surface area contributed by atoms with Gasteiger partial charge < -0.3 is 19.5 Å². The molecule has 2 aromatic carbocycles. The summed E-state index contributed by atoms with van der Waals surface area (Å²) in [6.45, 7) is 2.61. The first-order valence-electron chi connectivity index (χ1n) is 13.3. The van der Waals surface area contributed by atoms with Crippen molar-refractivity contribution in [2.75, 3.05) is 39.6 Å². The van der Waals surface area contributed by atoms with Gasteiger partial charge in [0.2, 0.25) is 0 Å². The summed E-state index contributed by atoms with van der Waals surface area (Å²) in [6.07, 6.45) is 3.44.